The van der Waals surface area contributed by atoms with Crippen molar-refractivity contribution in [3.05, 3.63) is 48.3 Å². The van der Waals surface area contributed by atoms with Gasteiger partial charge in [0.15, 0.2) is 0 Å². The Labute approximate surface area is 131 Å². The predicted octanol–water partition coefficient (Wildman–Crippen LogP) is 3.34. The Morgan fingerprint density at radius 1 is 1.09 bits per heavy atom. The van der Waals surface area contributed by atoms with E-state index in [1.807, 2.05) is 6.07 Å². The van der Waals surface area contributed by atoms with E-state index in [0.717, 1.165) is 30.2 Å². The van der Waals surface area contributed by atoms with E-state index in [4.69, 9.17) is 4.74 Å². The number of aromatic amines is 1. The molecule has 3 aromatic rings. The van der Waals surface area contributed by atoms with Crippen LogP contribution in [0.15, 0.2) is 36.7 Å². The fourth-order valence-corrected chi connectivity index (χ4v) is 3.03. The summed E-state index contributed by atoms with van der Waals surface area (Å²) in [5.74, 6) is -1.17. The second-order valence-electron chi connectivity index (χ2n) is 5.48. The van der Waals surface area contributed by atoms with Crippen LogP contribution >= 0.6 is 0 Å². The van der Waals surface area contributed by atoms with Gasteiger partial charge in [0.2, 0.25) is 0 Å². The Balaban J connectivity index is 1.90. The molecule has 0 atom stereocenters. The van der Waals surface area contributed by atoms with Crippen LogP contribution in [0, 0.1) is 11.6 Å². The molecule has 1 aromatic carbocycles. The molecular formula is C17H15F2N3O. The largest absolute Gasteiger partial charge is 0.378 e. The van der Waals surface area contributed by atoms with Gasteiger partial charge in [-0.3, -0.25) is 0 Å². The van der Waals surface area contributed by atoms with Crippen molar-refractivity contribution in [1.82, 2.24) is 9.97 Å². The highest BCUT2D eigenvalue weighted by molar-refractivity contribution is 6.02. The first kappa shape index (κ1) is 14.1. The van der Waals surface area contributed by atoms with Gasteiger partial charge >= 0.3 is 0 Å². The van der Waals surface area contributed by atoms with Crippen molar-refractivity contribution in [1.29, 1.82) is 0 Å². The number of hydrogen-bond donors (Lipinski definition) is 1. The lowest BCUT2D eigenvalue weighted by molar-refractivity contribution is 0.123. The number of fused-ring (bicyclic) bond motifs is 1. The zero-order valence-corrected chi connectivity index (χ0v) is 12.4. The van der Waals surface area contributed by atoms with Crippen LogP contribution < -0.4 is 4.90 Å². The predicted molar refractivity (Wildman–Crippen MR) is 84.5 cm³/mol. The van der Waals surface area contributed by atoms with Crippen molar-refractivity contribution in [2.75, 3.05) is 31.2 Å². The fraction of sp³-hybridized carbons (Fsp3) is 0.235. The van der Waals surface area contributed by atoms with Gasteiger partial charge in [0.25, 0.3) is 0 Å². The van der Waals surface area contributed by atoms with E-state index in [1.54, 1.807) is 12.4 Å². The quantitative estimate of drug-likeness (QED) is 0.788. The molecule has 0 aliphatic carbocycles. The lowest BCUT2D eigenvalue weighted by Gasteiger charge is -2.29. The number of rotatable bonds is 2. The molecule has 0 bridgehead atoms. The Hall–Kier alpha value is -2.47. The summed E-state index contributed by atoms with van der Waals surface area (Å²) in [5, 5.41) is 0.847. The molecule has 0 amide bonds. The summed E-state index contributed by atoms with van der Waals surface area (Å²) < 4.78 is 32.8. The molecule has 0 saturated carbocycles. The molecule has 1 aliphatic rings. The number of benzene rings is 1. The molecule has 1 fully saturated rings. The van der Waals surface area contributed by atoms with Crippen LogP contribution in [0.5, 0.6) is 0 Å². The molecule has 1 aliphatic heterocycles. The summed E-state index contributed by atoms with van der Waals surface area (Å²) in [4.78, 5) is 9.60. The Morgan fingerprint density at radius 2 is 1.91 bits per heavy atom. The number of ether oxygens (including phenoxy) is 1. The normalized spacial score (nSPS) is 15.3. The lowest BCUT2D eigenvalue weighted by Crippen LogP contribution is -2.36. The van der Waals surface area contributed by atoms with Crippen LogP contribution in [0.4, 0.5) is 14.5 Å². The number of pyridine rings is 1. The van der Waals surface area contributed by atoms with Crippen molar-refractivity contribution in [2.24, 2.45) is 0 Å². The van der Waals surface area contributed by atoms with Gasteiger partial charge < -0.3 is 14.6 Å². The van der Waals surface area contributed by atoms with E-state index in [-0.39, 0.29) is 0 Å². The van der Waals surface area contributed by atoms with Gasteiger partial charge in [-0.2, -0.15) is 0 Å². The van der Waals surface area contributed by atoms with Crippen molar-refractivity contribution >= 4 is 16.7 Å². The maximum Gasteiger partial charge on any atom is 0.139 e. The van der Waals surface area contributed by atoms with Crippen LogP contribution in [-0.4, -0.2) is 36.3 Å². The van der Waals surface area contributed by atoms with Crippen molar-refractivity contribution in [3.8, 4) is 11.1 Å². The maximum atomic E-state index is 14.2. The number of anilines is 1. The summed E-state index contributed by atoms with van der Waals surface area (Å²) in [5.41, 5.74) is 2.72. The highest BCUT2D eigenvalue weighted by Gasteiger charge is 2.19. The van der Waals surface area contributed by atoms with Gasteiger partial charge in [0, 0.05) is 48.1 Å². The zero-order valence-electron chi connectivity index (χ0n) is 12.4. The molecule has 3 heterocycles. The van der Waals surface area contributed by atoms with Gasteiger partial charge in [0.05, 0.1) is 18.9 Å². The van der Waals surface area contributed by atoms with Crippen molar-refractivity contribution in [3.63, 3.8) is 0 Å². The summed E-state index contributed by atoms with van der Waals surface area (Å²) >= 11 is 0. The molecule has 1 saturated heterocycles. The number of aromatic nitrogens is 2. The second kappa shape index (κ2) is 5.62. The second-order valence-corrected chi connectivity index (χ2v) is 5.48. The minimum absolute atomic E-state index is 0.361. The van der Waals surface area contributed by atoms with E-state index >= 15 is 0 Å². The number of nitrogens with one attached hydrogen (secondary N) is 1. The third-order valence-corrected chi connectivity index (χ3v) is 4.12. The molecule has 0 radical (unpaired) electrons. The third-order valence-electron chi connectivity index (χ3n) is 4.12. The lowest BCUT2D eigenvalue weighted by atomic mass is 10.0. The monoisotopic (exact) mass is 315 g/mol. The van der Waals surface area contributed by atoms with E-state index < -0.39 is 11.6 Å². The molecule has 23 heavy (non-hydrogen) atoms. The molecule has 118 valence electrons. The van der Waals surface area contributed by atoms with Crippen LogP contribution in [0.2, 0.25) is 0 Å². The average molecular weight is 315 g/mol. The van der Waals surface area contributed by atoms with E-state index in [2.05, 4.69) is 14.9 Å². The third kappa shape index (κ3) is 2.45. The zero-order chi connectivity index (χ0) is 15.8. The maximum absolute atomic E-state index is 14.2. The fourth-order valence-electron chi connectivity index (χ4n) is 3.03. The van der Waals surface area contributed by atoms with Crippen LogP contribution in [-0.2, 0) is 4.74 Å². The van der Waals surface area contributed by atoms with E-state index in [1.165, 1.54) is 12.1 Å². The van der Waals surface area contributed by atoms with E-state index in [0.29, 0.717) is 30.0 Å². The average Bonchev–Trinajstić information content (AvgIpc) is 3.00. The summed E-state index contributed by atoms with van der Waals surface area (Å²) in [7, 11) is 0. The number of H-pyrrole nitrogens is 1. The van der Waals surface area contributed by atoms with Gasteiger partial charge in [0.1, 0.15) is 17.3 Å². The molecule has 4 nitrogen and oxygen atoms in total. The van der Waals surface area contributed by atoms with E-state index in [9.17, 15) is 8.78 Å². The van der Waals surface area contributed by atoms with Crippen LogP contribution in [0.1, 0.15) is 0 Å². The first-order chi connectivity index (χ1) is 11.2. The van der Waals surface area contributed by atoms with Gasteiger partial charge in [-0.1, -0.05) is 0 Å². The highest BCUT2D eigenvalue weighted by atomic mass is 19.1. The molecule has 0 spiro atoms. The SMILES string of the molecule is Fc1ccc(-c2c[nH]c3nccc(N4CCOCC4)c23)c(F)c1. The van der Waals surface area contributed by atoms with Gasteiger partial charge in [-0.05, 0) is 18.2 Å². The van der Waals surface area contributed by atoms with Crippen molar-refractivity contribution < 1.29 is 13.5 Å². The summed E-state index contributed by atoms with van der Waals surface area (Å²) in [6.45, 7) is 2.87. The molecular weight excluding hydrogens is 300 g/mol. The van der Waals surface area contributed by atoms with Gasteiger partial charge in [-0.25, -0.2) is 13.8 Å². The minimum Gasteiger partial charge on any atom is -0.378 e. The number of nitrogens with zero attached hydrogens (tertiary/aromatic N) is 2. The van der Waals surface area contributed by atoms with Gasteiger partial charge in [-0.15, -0.1) is 0 Å². The Bertz CT molecular complexity index is 856. The minimum atomic E-state index is -0.586. The summed E-state index contributed by atoms with van der Waals surface area (Å²) in [6, 6.07) is 5.55. The smallest absolute Gasteiger partial charge is 0.139 e. The van der Waals surface area contributed by atoms with Crippen LogP contribution in [0.3, 0.4) is 0 Å². The standard InChI is InChI=1S/C17H15F2N3O/c18-11-1-2-12(14(19)9-11)13-10-21-17-16(13)15(3-4-20-17)22-5-7-23-8-6-22/h1-4,9-10H,5-8H2,(H,20,21). The first-order valence-electron chi connectivity index (χ1n) is 7.48. The van der Waals surface area contributed by atoms with Crippen LogP contribution in [0.25, 0.3) is 22.2 Å². The van der Waals surface area contributed by atoms with Crippen molar-refractivity contribution in [2.45, 2.75) is 0 Å². The Morgan fingerprint density at radius 3 is 2.70 bits per heavy atom. The molecule has 4 rings (SSSR count). The Kier molecular flexibility index (Phi) is 3.46. The molecule has 2 aromatic heterocycles. The molecule has 1 N–H and O–H groups in total. The molecule has 0 unspecified atom stereocenters. The number of halogens is 2. The number of hydrogen-bond acceptors (Lipinski definition) is 3. The number of morpholine rings is 1. The molecule has 6 heteroatoms. The topological polar surface area (TPSA) is 41.2 Å². The summed E-state index contributed by atoms with van der Waals surface area (Å²) in [6.07, 6.45) is 3.45. The highest BCUT2D eigenvalue weighted by Crippen LogP contribution is 2.36. The first-order valence-corrected chi connectivity index (χ1v) is 7.48.